The predicted octanol–water partition coefficient (Wildman–Crippen LogP) is 0.895. The van der Waals surface area contributed by atoms with E-state index in [1.807, 2.05) is 0 Å². The zero-order valence-electron chi connectivity index (χ0n) is 14.4. The van der Waals surface area contributed by atoms with Crippen LogP contribution < -0.4 is 15.4 Å². The van der Waals surface area contributed by atoms with Crippen LogP contribution in [0, 0.1) is 16.0 Å². The smallest absolute Gasteiger partial charge is 0.278 e. The maximum absolute atomic E-state index is 12.8. The molecule has 0 aromatic heterocycles. The van der Waals surface area contributed by atoms with Crippen LogP contribution >= 0.6 is 0 Å². The first-order valence-electron chi connectivity index (χ1n) is 8.69. The lowest BCUT2D eigenvalue weighted by Gasteiger charge is -2.45. The largest absolute Gasteiger partial charge is 0.466 e. The van der Waals surface area contributed by atoms with Gasteiger partial charge in [-0.3, -0.25) is 19.7 Å². The maximum Gasteiger partial charge on any atom is 0.278 e. The summed E-state index contributed by atoms with van der Waals surface area (Å²) in [6, 6.07) is 3.91. The number of fused-ring (bicyclic) bond motifs is 4. The SMILES string of the molecule is CC1(C(=O)NC2CN3CCC2CC3)Oc2ccc([N+](=O)[O-])cc2NC1=O. The molecule has 2 amide bonds. The maximum atomic E-state index is 12.8. The molecule has 3 fully saturated rings. The molecule has 3 saturated heterocycles. The Kier molecular flexibility index (Phi) is 3.83. The van der Waals surface area contributed by atoms with Gasteiger partial charge in [0.2, 0.25) is 0 Å². The number of hydrogen-bond acceptors (Lipinski definition) is 6. The molecule has 9 heteroatoms. The normalized spacial score (nSPS) is 32.2. The molecular formula is C17H20N4O5. The molecule has 4 aliphatic heterocycles. The first-order chi connectivity index (χ1) is 12.4. The molecule has 1 aromatic carbocycles. The summed E-state index contributed by atoms with van der Waals surface area (Å²) in [5.74, 6) is -0.460. The fraction of sp³-hybridized carbons (Fsp3) is 0.529. The van der Waals surface area contributed by atoms with E-state index in [1.54, 1.807) is 0 Å². The Balaban J connectivity index is 1.53. The van der Waals surface area contributed by atoms with Crippen molar-refractivity contribution < 1.29 is 19.2 Å². The van der Waals surface area contributed by atoms with Crippen LogP contribution in [0.2, 0.25) is 0 Å². The third-order valence-corrected chi connectivity index (χ3v) is 5.58. The lowest BCUT2D eigenvalue weighted by atomic mass is 9.83. The lowest BCUT2D eigenvalue weighted by Crippen LogP contribution is -2.64. The predicted molar refractivity (Wildman–Crippen MR) is 91.9 cm³/mol. The van der Waals surface area contributed by atoms with Gasteiger partial charge in [-0.1, -0.05) is 0 Å². The average Bonchev–Trinajstić information content (AvgIpc) is 2.63. The summed E-state index contributed by atoms with van der Waals surface area (Å²) in [6.45, 7) is 4.31. The number of anilines is 1. The summed E-state index contributed by atoms with van der Waals surface area (Å²) in [5.41, 5.74) is -1.68. The third kappa shape index (κ3) is 2.68. The Bertz CT molecular complexity index is 789. The van der Waals surface area contributed by atoms with Crippen LogP contribution in [-0.2, 0) is 9.59 Å². The molecule has 0 spiro atoms. The number of nitrogens with zero attached hydrogens (tertiary/aromatic N) is 2. The van der Waals surface area contributed by atoms with E-state index in [1.165, 1.54) is 25.1 Å². The molecule has 5 rings (SSSR count). The van der Waals surface area contributed by atoms with Crippen molar-refractivity contribution in [1.29, 1.82) is 0 Å². The number of nitrogens with one attached hydrogen (secondary N) is 2. The number of rotatable bonds is 3. The first kappa shape index (κ1) is 16.8. The average molecular weight is 360 g/mol. The number of carbonyl (C=O) groups excluding carboxylic acids is 2. The highest BCUT2D eigenvalue weighted by atomic mass is 16.6. The van der Waals surface area contributed by atoms with Gasteiger partial charge in [-0.25, -0.2) is 0 Å². The van der Waals surface area contributed by atoms with Gasteiger partial charge in [0, 0.05) is 24.7 Å². The van der Waals surface area contributed by atoms with Gasteiger partial charge >= 0.3 is 0 Å². The van der Waals surface area contributed by atoms with E-state index in [9.17, 15) is 19.7 Å². The standard InChI is InChI=1S/C17H20N4O5/c1-17(16(23)19-13-9-20-6-4-10(13)5-7-20)15(22)18-12-8-11(21(24)25)2-3-14(12)26-17/h2-3,8,10,13H,4-7,9H2,1H3,(H,18,22)(H,19,23). The minimum Gasteiger partial charge on any atom is -0.466 e. The number of amides is 2. The molecule has 4 aliphatic rings. The Labute approximate surface area is 149 Å². The van der Waals surface area contributed by atoms with E-state index in [-0.39, 0.29) is 23.2 Å². The third-order valence-electron chi connectivity index (χ3n) is 5.58. The molecule has 2 bridgehead atoms. The minimum atomic E-state index is -1.71. The van der Waals surface area contributed by atoms with Crippen molar-refractivity contribution >= 4 is 23.2 Å². The van der Waals surface area contributed by atoms with Crippen LogP contribution in [0.1, 0.15) is 19.8 Å². The quantitative estimate of drug-likeness (QED) is 0.470. The van der Waals surface area contributed by atoms with Gasteiger partial charge in [0.25, 0.3) is 23.1 Å². The molecule has 0 saturated carbocycles. The summed E-state index contributed by atoms with van der Waals surface area (Å²) in [5, 5.41) is 16.4. The highest BCUT2D eigenvalue weighted by molar-refractivity contribution is 6.15. The molecule has 0 radical (unpaired) electrons. The molecule has 138 valence electrons. The highest BCUT2D eigenvalue weighted by Gasteiger charge is 2.49. The highest BCUT2D eigenvalue weighted by Crippen LogP contribution is 2.36. The van der Waals surface area contributed by atoms with E-state index in [4.69, 9.17) is 4.74 Å². The van der Waals surface area contributed by atoms with E-state index in [0.29, 0.717) is 5.92 Å². The number of nitro groups is 1. The molecule has 0 aliphatic carbocycles. The van der Waals surface area contributed by atoms with Crippen LogP contribution in [-0.4, -0.2) is 52.9 Å². The topological polar surface area (TPSA) is 114 Å². The van der Waals surface area contributed by atoms with Crippen molar-refractivity contribution in [2.45, 2.75) is 31.4 Å². The van der Waals surface area contributed by atoms with Gasteiger partial charge in [0.1, 0.15) is 5.75 Å². The summed E-state index contributed by atoms with van der Waals surface area (Å²) in [7, 11) is 0. The Morgan fingerprint density at radius 3 is 2.77 bits per heavy atom. The second-order valence-electron chi connectivity index (χ2n) is 7.24. The van der Waals surface area contributed by atoms with Crippen LogP contribution in [0.4, 0.5) is 11.4 Å². The molecule has 26 heavy (non-hydrogen) atoms. The fourth-order valence-electron chi connectivity index (χ4n) is 3.91. The number of ether oxygens (including phenoxy) is 1. The number of non-ortho nitro benzene ring substituents is 1. The Hall–Kier alpha value is -2.68. The monoisotopic (exact) mass is 360 g/mol. The van der Waals surface area contributed by atoms with E-state index in [0.717, 1.165) is 32.5 Å². The molecule has 4 heterocycles. The summed E-state index contributed by atoms with van der Waals surface area (Å²) in [4.78, 5) is 38.0. The number of nitro benzene ring substituents is 1. The number of benzene rings is 1. The van der Waals surface area contributed by atoms with Gasteiger partial charge in [-0.05, 0) is 44.8 Å². The number of piperidine rings is 3. The summed E-state index contributed by atoms with van der Waals surface area (Å²) < 4.78 is 5.69. The molecule has 9 nitrogen and oxygen atoms in total. The Morgan fingerprint density at radius 2 is 2.15 bits per heavy atom. The Morgan fingerprint density at radius 1 is 1.42 bits per heavy atom. The van der Waals surface area contributed by atoms with Gasteiger partial charge in [0.15, 0.2) is 0 Å². The zero-order chi connectivity index (χ0) is 18.5. The van der Waals surface area contributed by atoms with Gasteiger partial charge in [0.05, 0.1) is 10.6 Å². The molecular weight excluding hydrogens is 340 g/mol. The lowest BCUT2D eigenvalue weighted by molar-refractivity contribution is -0.384. The summed E-state index contributed by atoms with van der Waals surface area (Å²) in [6.07, 6.45) is 2.09. The van der Waals surface area contributed by atoms with Crippen molar-refractivity contribution in [2.24, 2.45) is 5.92 Å². The molecule has 2 atom stereocenters. The van der Waals surface area contributed by atoms with Crippen molar-refractivity contribution in [2.75, 3.05) is 25.0 Å². The van der Waals surface area contributed by atoms with Crippen LogP contribution in [0.25, 0.3) is 0 Å². The molecule has 2 N–H and O–H groups in total. The number of hydrogen-bond donors (Lipinski definition) is 2. The second-order valence-corrected chi connectivity index (χ2v) is 7.24. The van der Waals surface area contributed by atoms with Crippen molar-refractivity contribution in [1.82, 2.24) is 10.2 Å². The van der Waals surface area contributed by atoms with Crippen molar-refractivity contribution in [3.63, 3.8) is 0 Å². The molecule has 2 unspecified atom stereocenters. The van der Waals surface area contributed by atoms with E-state index >= 15 is 0 Å². The fourth-order valence-corrected chi connectivity index (χ4v) is 3.91. The van der Waals surface area contributed by atoms with Crippen LogP contribution in [0.5, 0.6) is 5.75 Å². The minimum absolute atomic E-state index is 0.0106. The van der Waals surface area contributed by atoms with Crippen molar-refractivity contribution in [3.8, 4) is 5.75 Å². The zero-order valence-corrected chi connectivity index (χ0v) is 14.4. The van der Waals surface area contributed by atoms with Crippen LogP contribution in [0.3, 0.4) is 0 Å². The van der Waals surface area contributed by atoms with Gasteiger partial charge in [-0.15, -0.1) is 0 Å². The number of carbonyl (C=O) groups is 2. The van der Waals surface area contributed by atoms with E-state index in [2.05, 4.69) is 15.5 Å². The molecule has 1 aromatic rings. The van der Waals surface area contributed by atoms with Gasteiger partial charge < -0.3 is 20.3 Å². The van der Waals surface area contributed by atoms with Crippen LogP contribution in [0.15, 0.2) is 18.2 Å². The second kappa shape index (κ2) is 5.94. The van der Waals surface area contributed by atoms with E-state index < -0.39 is 22.3 Å². The first-order valence-corrected chi connectivity index (χ1v) is 8.69. The summed E-state index contributed by atoms with van der Waals surface area (Å²) >= 11 is 0. The van der Waals surface area contributed by atoms with Crippen molar-refractivity contribution in [3.05, 3.63) is 28.3 Å². The van der Waals surface area contributed by atoms with Gasteiger partial charge in [-0.2, -0.15) is 0 Å².